The van der Waals surface area contributed by atoms with Crippen molar-refractivity contribution in [3.05, 3.63) is 11.6 Å². The number of carbonyl (C=O) groups is 1. The Bertz CT molecular complexity index is 1860. The number of rotatable bonds is 17. The molecule has 0 amide bonds. The fraction of sp³-hybridized carbons (Fsp3) is 0.940. The van der Waals surface area contributed by atoms with Crippen LogP contribution in [-0.2, 0) is 42.7 Å². The summed E-state index contributed by atoms with van der Waals surface area (Å²) in [4.78, 5) is 14.1. The zero-order valence-corrected chi connectivity index (χ0v) is 42.0. The Morgan fingerprint density at radius 1 is 0.644 bits per heavy atom. The van der Waals surface area contributed by atoms with Crippen molar-refractivity contribution < 1.29 is 114 Å². The lowest BCUT2D eigenvalue weighted by molar-refractivity contribution is -0.397. The van der Waals surface area contributed by atoms with Gasteiger partial charge in [-0.3, -0.25) is 4.79 Å². The van der Waals surface area contributed by atoms with Crippen LogP contribution >= 0.6 is 0 Å². The molecule has 7 fully saturated rings. The molecule has 0 aromatic rings. The lowest BCUT2D eigenvalue weighted by atomic mass is 9.46. The first-order chi connectivity index (χ1) is 34.6. The summed E-state index contributed by atoms with van der Waals surface area (Å²) in [6.07, 6.45) is -27.8. The number of aliphatic hydroxyl groups is 14. The van der Waals surface area contributed by atoms with Gasteiger partial charge in [-0.1, -0.05) is 46.6 Å². The van der Waals surface area contributed by atoms with Crippen molar-refractivity contribution in [1.82, 2.24) is 0 Å². The molecule has 73 heavy (non-hydrogen) atoms. The van der Waals surface area contributed by atoms with Gasteiger partial charge in [0.15, 0.2) is 25.2 Å². The quantitative estimate of drug-likeness (QED) is 0.0627. The van der Waals surface area contributed by atoms with E-state index in [0.29, 0.717) is 25.2 Å². The summed E-state index contributed by atoms with van der Waals surface area (Å²) in [6, 6.07) is 0. The number of ether oxygens (including phenoxy) is 8. The molecule has 28 atom stereocenters. The lowest BCUT2D eigenvalue weighted by Crippen LogP contribution is -2.67. The van der Waals surface area contributed by atoms with Gasteiger partial charge in [0.05, 0.1) is 32.5 Å². The van der Waals surface area contributed by atoms with Crippen molar-refractivity contribution in [2.24, 2.45) is 46.3 Å². The van der Waals surface area contributed by atoms with Crippen LogP contribution in [0, 0.1) is 46.3 Å². The number of aliphatic hydroxyl groups excluding tert-OH is 14. The van der Waals surface area contributed by atoms with Gasteiger partial charge in [0.1, 0.15) is 103 Å². The standard InChI is InChI=1S/C50H82O23/c1-20(2)6-5-7-21(15-51)25-14-26(55)32-22-8-9-24-33(57)28(11-13-49(24,3)23(22)10-12-50(25,32)4)67-47-41(65)43(42(31(18-54)70-47)71-45-39(63)37(61)35(59)29(16-52)68-45)72-48-44(34(58)27(56)19-66-48)73-46-40(64)38(62)36(60)30(17-53)69-46/h9,20-23,25,27-48,51-54,56-65H,5-8,10-19H2,1-4H3/t21?,22-,23?,25?,27-,28+,29?,30?,31?,32?,33-,34?,35+,36+,37?,38?,39?,40?,41?,42-,43?,44?,45+,46-,47-,48+,49-,50-/m1/s1. The van der Waals surface area contributed by atoms with Crippen molar-refractivity contribution in [2.45, 2.75) is 214 Å². The van der Waals surface area contributed by atoms with Crippen LogP contribution in [0.4, 0.5) is 0 Å². The molecule has 4 saturated heterocycles. The van der Waals surface area contributed by atoms with Gasteiger partial charge >= 0.3 is 0 Å². The molecule has 3 saturated carbocycles. The lowest BCUT2D eigenvalue weighted by Gasteiger charge is -2.59. The highest BCUT2D eigenvalue weighted by Crippen LogP contribution is 2.66. The first-order valence-corrected chi connectivity index (χ1v) is 26.3. The summed E-state index contributed by atoms with van der Waals surface area (Å²) in [5.74, 6) is 0.821. The van der Waals surface area contributed by atoms with Crippen LogP contribution in [0.25, 0.3) is 0 Å². The summed E-state index contributed by atoms with van der Waals surface area (Å²) in [6.45, 7) is 5.63. The summed E-state index contributed by atoms with van der Waals surface area (Å²) in [5, 5.41) is 151. The second-order valence-electron chi connectivity index (χ2n) is 23.0. The molecule has 8 rings (SSSR count). The molecule has 0 spiro atoms. The summed E-state index contributed by atoms with van der Waals surface area (Å²) < 4.78 is 47.7. The Balaban J connectivity index is 1.03. The molecule has 4 aliphatic carbocycles. The van der Waals surface area contributed by atoms with Gasteiger partial charge in [0, 0.05) is 18.9 Å². The van der Waals surface area contributed by atoms with E-state index in [2.05, 4.69) is 27.7 Å². The smallest absolute Gasteiger partial charge is 0.187 e. The van der Waals surface area contributed by atoms with Crippen LogP contribution in [0.15, 0.2) is 11.6 Å². The molecule has 23 heteroatoms. The molecule has 8 aliphatic rings. The average molecular weight is 1050 g/mol. The minimum absolute atomic E-state index is 0.0344. The summed E-state index contributed by atoms with van der Waals surface area (Å²) >= 11 is 0. The second-order valence-corrected chi connectivity index (χ2v) is 23.0. The van der Waals surface area contributed by atoms with E-state index in [-0.39, 0.29) is 53.8 Å². The molecule has 420 valence electrons. The fourth-order valence-corrected chi connectivity index (χ4v) is 14.1. The predicted molar refractivity (Wildman–Crippen MR) is 247 cm³/mol. The first-order valence-electron chi connectivity index (χ1n) is 26.3. The zero-order chi connectivity index (χ0) is 53.0. The highest BCUT2D eigenvalue weighted by atomic mass is 16.8. The van der Waals surface area contributed by atoms with E-state index in [1.165, 1.54) is 0 Å². The Morgan fingerprint density at radius 2 is 1.22 bits per heavy atom. The normalized spacial score (nSPS) is 50.8. The average Bonchev–Trinajstić information content (AvgIpc) is 3.64. The van der Waals surface area contributed by atoms with Gasteiger partial charge in [-0.15, -0.1) is 0 Å². The number of hydrogen-bond acceptors (Lipinski definition) is 23. The third kappa shape index (κ3) is 10.9. The second kappa shape index (κ2) is 23.5. The highest BCUT2D eigenvalue weighted by Gasteiger charge is 2.64. The van der Waals surface area contributed by atoms with Crippen molar-refractivity contribution in [3.63, 3.8) is 0 Å². The predicted octanol–water partition coefficient (Wildman–Crippen LogP) is -3.55. The van der Waals surface area contributed by atoms with Gasteiger partial charge in [-0.25, -0.2) is 0 Å². The maximum absolute atomic E-state index is 14.1. The molecule has 0 radical (unpaired) electrons. The topological polar surface area (TPSA) is 374 Å². The van der Waals surface area contributed by atoms with Crippen molar-refractivity contribution >= 4 is 5.78 Å². The van der Waals surface area contributed by atoms with Crippen LogP contribution in [0.5, 0.6) is 0 Å². The number of carbonyl (C=O) groups excluding carboxylic acids is 1. The molecule has 0 bridgehead atoms. The zero-order valence-electron chi connectivity index (χ0n) is 42.0. The van der Waals surface area contributed by atoms with Crippen LogP contribution in [0.2, 0.25) is 0 Å². The van der Waals surface area contributed by atoms with Crippen molar-refractivity contribution in [2.75, 3.05) is 33.0 Å². The molecular weight excluding hydrogens is 969 g/mol. The summed E-state index contributed by atoms with van der Waals surface area (Å²) in [7, 11) is 0. The molecule has 0 aromatic heterocycles. The third-order valence-corrected chi connectivity index (χ3v) is 18.2. The van der Waals surface area contributed by atoms with E-state index < -0.39 is 161 Å². The number of ketones is 1. The largest absolute Gasteiger partial charge is 0.396 e. The van der Waals surface area contributed by atoms with E-state index in [4.69, 9.17) is 37.9 Å². The molecular formula is C50H82O23. The van der Waals surface area contributed by atoms with Gasteiger partial charge < -0.3 is 109 Å². The number of allylic oxidation sites excluding steroid dienone is 1. The van der Waals surface area contributed by atoms with E-state index >= 15 is 0 Å². The van der Waals surface area contributed by atoms with Crippen LogP contribution in [-0.4, -0.2) is 239 Å². The number of Topliss-reactive ketones (excluding diaryl/α,β-unsaturated/α-hetero) is 1. The van der Waals surface area contributed by atoms with Crippen molar-refractivity contribution in [1.29, 1.82) is 0 Å². The molecule has 4 aliphatic heterocycles. The van der Waals surface area contributed by atoms with Crippen LogP contribution in [0.3, 0.4) is 0 Å². The Kier molecular flexibility index (Phi) is 18.6. The Hall–Kier alpha value is -1.47. The maximum atomic E-state index is 14.1. The van der Waals surface area contributed by atoms with Crippen molar-refractivity contribution in [3.8, 4) is 0 Å². The van der Waals surface area contributed by atoms with Gasteiger partial charge in [-0.2, -0.15) is 0 Å². The molecule has 23 nitrogen and oxygen atoms in total. The third-order valence-electron chi connectivity index (χ3n) is 18.2. The molecule has 4 heterocycles. The number of fused-ring (bicyclic) bond motifs is 5. The van der Waals surface area contributed by atoms with Gasteiger partial charge in [-0.05, 0) is 84.5 Å². The van der Waals surface area contributed by atoms with E-state index in [1.807, 2.05) is 6.08 Å². The molecule has 14 N–H and O–H groups in total. The minimum Gasteiger partial charge on any atom is -0.396 e. The Morgan fingerprint density at radius 3 is 1.81 bits per heavy atom. The van der Waals surface area contributed by atoms with E-state index in [0.717, 1.165) is 37.7 Å². The maximum Gasteiger partial charge on any atom is 0.187 e. The number of hydrogen-bond donors (Lipinski definition) is 14. The fourth-order valence-electron chi connectivity index (χ4n) is 14.1. The van der Waals surface area contributed by atoms with Gasteiger partial charge in [0.2, 0.25) is 0 Å². The molecule has 0 aromatic carbocycles. The summed E-state index contributed by atoms with van der Waals surface area (Å²) in [5.41, 5.74) is -0.0584. The monoisotopic (exact) mass is 1050 g/mol. The molecule has 15 unspecified atom stereocenters. The highest BCUT2D eigenvalue weighted by molar-refractivity contribution is 5.85. The van der Waals surface area contributed by atoms with Crippen LogP contribution < -0.4 is 0 Å². The Labute approximate surface area is 424 Å². The van der Waals surface area contributed by atoms with Gasteiger partial charge in [0.25, 0.3) is 0 Å². The minimum atomic E-state index is -1.98. The SMILES string of the molecule is CC(C)CCCC(CO)C1CC(=O)C2[C@@H]3CC=C4[C@@H](O)[C@@H](O[C@@H]5OC(CO)[C@@H](O[C@@H]6OC(CO)[C@H](O)C(O)C6O)C(O[C@@H]6OC[C@@H](O)C(O)C6O[C@H]6OC(CO)[C@H](O)C(O)C6O)C5O)CC[C@]4(C)C3CC[C@]12C. The van der Waals surface area contributed by atoms with Crippen LogP contribution in [0.1, 0.15) is 85.5 Å². The van der Waals surface area contributed by atoms with E-state index in [1.54, 1.807) is 0 Å². The first kappa shape index (κ1) is 57.7. The van der Waals surface area contributed by atoms with E-state index in [9.17, 15) is 76.3 Å².